The van der Waals surface area contributed by atoms with Gasteiger partial charge in [-0.3, -0.25) is 15.0 Å². The fraction of sp³-hybridized carbons (Fsp3) is 0.333. The van der Waals surface area contributed by atoms with Gasteiger partial charge in [-0.1, -0.05) is 25.6 Å². The molecule has 9 heteroatoms. The van der Waals surface area contributed by atoms with Crippen molar-refractivity contribution in [2.24, 2.45) is 0 Å². The molecule has 8 nitrogen and oxygen atoms in total. The van der Waals surface area contributed by atoms with Gasteiger partial charge in [-0.05, 0) is 12.0 Å². The van der Waals surface area contributed by atoms with E-state index in [9.17, 15) is 9.59 Å². The lowest BCUT2D eigenvalue weighted by molar-refractivity contribution is 0.0690. The number of carbonyl (C=O) groups is 2. The molecule has 0 aliphatic carbocycles. The first-order chi connectivity index (χ1) is 9.97. The molecule has 0 fully saturated rings. The molecular formula is C12H15N5O3S. The van der Waals surface area contributed by atoms with Crippen molar-refractivity contribution >= 4 is 23.6 Å². The first kappa shape index (κ1) is 15.1. The number of hydrogen-bond donors (Lipinski definition) is 4. The molecule has 2 aromatic rings. The second kappa shape index (κ2) is 6.44. The van der Waals surface area contributed by atoms with Gasteiger partial charge in [0.15, 0.2) is 5.69 Å². The number of amides is 1. The number of carbonyl (C=O) groups excluding carboxylic acids is 1. The summed E-state index contributed by atoms with van der Waals surface area (Å²) in [6, 6.07) is 3.12. The third-order valence-electron chi connectivity index (χ3n) is 2.69. The Bertz CT molecular complexity index is 649. The minimum Gasteiger partial charge on any atom is -0.476 e. The maximum atomic E-state index is 11.9. The predicted molar refractivity (Wildman–Crippen MR) is 76.4 cm³/mol. The van der Waals surface area contributed by atoms with Crippen LogP contribution in [0.2, 0.25) is 0 Å². The molecule has 0 aliphatic heterocycles. The third-order valence-corrected chi connectivity index (χ3v) is 3.50. The number of H-pyrrole nitrogens is 2. The Morgan fingerprint density at radius 3 is 2.57 bits per heavy atom. The molecule has 1 amide bonds. The molecule has 2 rings (SSSR count). The highest BCUT2D eigenvalue weighted by molar-refractivity contribution is 7.99. The lowest BCUT2D eigenvalue weighted by Gasteiger charge is -2.00. The van der Waals surface area contributed by atoms with Crippen LogP contribution in [0.1, 0.15) is 46.4 Å². The topological polar surface area (TPSA) is 124 Å². The van der Waals surface area contributed by atoms with Gasteiger partial charge < -0.3 is 10.4 Å². The van der Waals surface area contributed by atoms with E-state index in [1.807, 2.05) is 13.8 Å². The molecule has 2 aromatic heterocycles. The number of rotatable bonds is 6. The third kappa shape index (κ3) is 3.85. The van der Waals surface area contributed by atoms with E-state index in [4.69, 9.17) is 5.11 Å². The van der Waals surface area contributed by atoms with E-state index in [0.29, 0.717) is 10.7 Å². The Morgan fingerprint density at radius 1 is 1.29 bits per heavy atom. The van der Waals surface area contributed by atoms with Gasteiger partial charge in [-0.15, -0.1) is 0 Å². The number of nitrogens with zero attached hydrogens (tertiary/aromatic N) is 2. The van der Waals surface area contributed by atoms with Crippen molar-refractivity contribution in [2.75, 3.05) is 5.88 Å². The molecule has 112 valence electrons. The summed E-state index contributed by atoms with van der Waals surface area (Å²) in [4.78, 5) is 22.5. The number of carboxylic acid groups (broad SMARTS) is 1. The van der Waals surface area contributed by atoms with Crippen LogP contribution in [0.25, 0.3) is 0 Å². The molecule has 0 aliphatic rings. The number of nitrogens with one attached hydrogen (secondary N) is 3. The highest BCUT2D eigenvalue weighted by atomic mass is 32.2. The molecular weight excluding hydrogens is 294 g/mol. The minimum absolute atomic E-state index is 0.0577. The molecule has 0 bridgehead atoms. The van der Waals surface area contributed by atoms with Crippen LogP contribution in [0, 0.1) is 0 Å². The second-order valence-electron chi connectivity index (χ2n) is 4.58. The van der Waals surface area contributed by atoms with Crippen molar-refractivity contribution in [1.29, 1.82) is 0 Å². The van der Waals surface area contributed by atoms with Gasteiger partial charge in [0.05, 0.1) is 10.9 Å². The van der Waals surface area contributed by atoms with Crippen molar-refractivity contribution in [1.82, 2.24) is 25.7 Å². The van der Waals surface area contributed by atoms with Crippen molar-refractivity contribution in [3.8, 4) is 0 Å². The van der Waals surface area contributed by atoms with Gasteiger partial charge >= 0.3 is 5.97 Å². The van der Waals surface area contributed by atoms with E-state index < -0.39 is 5.97 Å². The summed E-state index contributed by atoms with van der Waals surface area (Å²) < 4.78 is 0. The van der Waals surface area contributed by atoms with Crippen LogP contribution in [0.4, 0.5) is 0 Å². The largest absolute Gasteiger partial charge is 0.476 e. The van der Waals surface area contributed by atoms with Crippen molar-refractivity contribution < 1.29 is 14.7 Å². The Hall–Kier alpha value is -2.29. The van der Waals surface area contributed by atoms with Crippen molar-refractivity contribution in [3.05, 3.63) is 29.2 Å². The molecule has 0 spiro atoms. The summed E-state index contributed by atoms with van der Waals surface area (Å²) in [5, 5.41) is 24.9. The highest BCUT2D eigenvalue weighted by Gasteiger charge is 2.12. The number of thioether (sulfide) groups is 1. The summed E-state index contributed by atoms with van der Waals surface area (Å²) >= 11 is 1.24. The summed E-state index contributed by atoms with van der Waals surface area (Å²) in [6.45, 7) is 4.01. The maximum Gasteiger partial charge on any atom is 0.356 e. The van der Waals surface area contributed by atoms with E-state index in [1.54, 1.807) is 6.07 Å². The zero-order chi connectivity index (χ0) is 15.4. The minimum atomic E-state index is -1.10. The fourth-order valence-corrected chi connectivity index (χ4v) is 2.17. The Labute approximate surface area is 124 Å². The zero-order valence-electron chi connectivity index (χ0n) is 11.5. The van der Waals surface area contributed by atoms with Gasteiger partial charge in [0.2, 0.25) is 0 Å². The van der Waals surface area contributed by atoms with E-state index in [2.05, 4.69) is 25.7 Å². The smallest absolute Gasteiger partial charge is 0.356 e. The van der Waals surface area contributed by atoms with Crippen LogP contribution in [0.5, 0.6) is 0 Å². The number of aromatic amines is 2. The van der Waals surface area contributed by atoms with Crippen LogP contribution in [0.15, 0.2) is 17.2 Å². The highest BCUT2D eigenvalue weighted by Crippen LogP contribution is 2.15. The first-order valence-electron chi connectivity index (χ1n) is 6.22. The van der Waals surface area contributed by atoms with Crippen LogP contribution in [-0.4, -0.2) is 43.3 Å². The van der Waals surface area contributed by atoms with Crippen molar-refractivity contribution in [3.63, 3.8) is 0 Å². The molecule has 0 radical (unpaired) electrons. The van der Waals surface area contributed by atoms with Crippen LogP contribution in [-0.2, 0) is 0 Å². The van der Waals surface area contributed by atoms with E-state index in [0.717, 1.165) is 5.69 Å². The predicted octanol–water partition coefficient (Wildman–Crippen LogP) is 1.43. The van der Waals surface area contributed by atoms with Gasteiger partial charge in [0.25, 0.3) is 5.91 Å². The molecule has 21 heavy (non-hydrogen) atoms. The molecule has 4 N–H and O–H groups in total. The monoisotopic (exact) mass is 309 g/mol. The number of aromatic nitrogens is 4. The van der Waals surface area contributed by atoms with Crippen LogP contribution >= 0.6 is 11.8 Å². The Kier molecular flexibility index (Phi) is 4.63. The number of aromatic carboxylic acids is 1. The van der Waals surface area contributed by atoms with Crippen LogP contribution < -0.4 is 5.32 Å². The summed E-state index contributed by atoms with van der Waals surface area (Å²) in [6.07, 6.45) is 0. The van der Waals surface area contributed by atoms with E-state index >= 15 is 0 Å². The summed E-state index contributed by atoms with van der Waals surface area (Å²) in [7, 11) is 0. The van der Waals surface area contributed by atoms with E-state index in [1.165, 1.54) is 17.8 Å². The molecule has 0 atom stereocenters. The molecule has 0 saturated carbocycles. The lowest BCUT2D eigenvalue weighted by atomic mass is 10.1. The van der Waals surface area contributed by atoms with Crippen molar-refractivity contribution in [2.45, 2.75) is 24.8 Å². The normalized spacial score (nSPS) is 10.8. The Morgan fingerprint density at radius 2 is 2.00 bits per heavy atom. The quantitative estimate of drug-likeness (QED) is 0.473. The molecule has 0 aromatic carbocycles. The number of carboxylic acids is 1. The van der Waals surface area contributed by atoms with E-state index in [-0.39, 0.29) is 23.4 Å². The van der Waals surface area contributed by atoms with Gasteiger partial charge in [0, 0.05) is 11.8 Å². The SMILES string of the molecule is CC(C)c1cc(C(=O)NCSc2cc(C(=O)O)n[nH]2)n[nH]1. The average Bonchev–Trinajstić information content (AvgIpc) is 3.07. The lowest BCUT2D eigenvalue weighted by Crippen LogP contribution is -2.23. The van der Waals surface area contributed by atoms with Gasteiger partial charge in [-0.2, -0.15) is 10.2 Å². The van der Waals surface area contributed by atoms with Gasteiger partial charge in [0.1, 0.15) is 5.69 Å². The summed E-state index contributed by atoms with van der Waals surface area (Å²) in [5.74, 6) is -0.833. The standard InChI is InChI=1S/C12H15N5O3S/c1-6(2)7-3-8(15-14-7)11(18)13-5-21-10-4-9(12(19)20)16-17-10/h3-4,6H,5H2,1-2H3,(H,13,18)(H,14,15)(H,16,17)(H,19,20). The zero-order valence-corrected chi connectivity index (χ0v) is 12.3. The molecule has 2 heterocycles. The Balaban J connectivity index is 1.84. The molecule has 0 unspecified atom stereocenters. The first-order valence-corrected chi connectivity index (χ1v) is 7.21. The van der Waals surface area contributed by atoms with Crippen LogP contribution in [0.3, 0.4) is 0 Å². The summed E-state index contributed by atoms with van der Waals surface area (Å²) in [5.41, 5.74) is 1.17. The average molecular weight is 309 g/mol. The second-order valence-corrected chi connectivity index (χ2v) is 5.60. The maximum absolute atomic E-state index is 11.9. The number of hydrogen-bond acceptors (Lipinski definition) is 5. The van der Waals surface area contributed by atoms with Gasteiger partial charge in [-0.25, -0.2) is 4.79 Å². The molecule has 0 saturated heterocycles. The fourth-order valence-electron chi connectivity index (χ4n) is 1.51.